The molecule has 0 bridgehead atoms. The summed E-state index contributed by atoms with van der Waals surface area (Å²) in [5.74, 6) is 0. The van der Waals surface area contributed by atoms with E-state index in [-0.39, 0.29) is 11.1 Å². The molecule has 2 aromatic heterocycles. The molecule has 0 unspecified atom stereocenters. The molecule has 86 valence electrons. The number of fused-ring (bicyclic) bond motifs is 1. The van der Waals surface area contributed by atoms with Gasteiger partial charge in [0.25, 0.3) is 0 Å². The van der Waals surface area contributed by atoms with Crippen LogP contribution in [-0.2, 0) is 6.42 Å². The summed E-state index contributed by atoms with van der Waals surface area (Å²) in [4.78, 5) is 17.0. The Kier molecular flexibility index (Phi) is 2.46. The Bertz CT molecular complexity index is 629. The summed E-state index contributed by atoms with van der Waals surface area (Å²) in [6, 6.07) is 0. The summed E-state index contributed by atoms with van der Waals surface area (Å²) in [6.07, 6.45) is 2.55. The van der Waals surface area contributed by atoms with E-state index in [1.54, 1.807) is 6.20 Å². The van der Waals surface area contributed by atoms with Crippen molar-refractivity contribution in [2.24, 2.45) is 5.41 Å². The first-order chi connectivity index (χ1) is 7.37. The zero-order valence-corrected chi connectivity index (χ0v) is 10.3. The predicted octanol–water partition coefficient (Wildman–Crippen LogP) is 1.67. The van der Waals surface area contributed by atoms with Gasteiger partial charge in [-0.2, -0.15) is 9.61 Å². The SMILES string of the molecule is CC(C)(C)Cc1cnn2c(=O)[nH]c(=S)[nH]c12. The molecular weight excluding hydrogens is 224 g/mol. The molecule has 0 saturated heterocycles. The molecular formula is C10H14N4OS. The summed E-state index contributed by atoms with van der Waals surface area (Å²) in [6.45, 7) is 6.41. The molecule has 6 heteroatoms. The third-order valence-electron chi connectivity index (χ3n) is 2.21. The van der Waals surface area contributed by atoms with Crippen molar-refractivity contribution in [2.75, 3.05) is 0 Å². The number of nitrogens with one attached hydrogen (secondary N) is 2. The average Bonchev–Trinajstić information content (AvgIpc) is 2.46. The van der Waals surface area contributed by atoms with E-state index in [1.165, 1.54) is 4.52 Å². The van der Waals surface area contributed by atoms with Gasteiger partial charge in [0.05, 0.1) is 6.20 Å². The lowest BCUT2D eigenvalue weighted by molar-refractivity contribution is 0.412. The van der Waals surface area contributed by atoms with Gasteiger partial charge >= 0.3 is 5.69 Å². The molecule has 0 radical (unpaired) electrons. The van der Waals surface area contributed by atoms with Gasteiger partial charge in [-0.15, -0.1) is 0 Å². The van der Waals surface area contributed by atoms with Crippen molar-refractivity contribution in [3.05, 3.63) is 27.0 Å². The summed E-state index contributed by atoms with van der Waals surface area (Å²) in [5.41, 5.74) is 1.52. The number of hydrogen-bond donors (Lipinski definition) is 2. The van der Waals surface area contributed by atoms with Gasteiger partial charge in [0.2, 0.25) is 0 Å². The lowest BCUT2D eigenvalue weighted by Gasteiger charge is -2.16. The number of rotatable bonds is 1. The van der Waals surface area contributed by atoms with Gasteiger partial charge in [0.15, 0.2) is 4.77 Å². The summed E-state index contributed by atoms with van der Waals surface area (Å²) < 4.78 is 1.63. The van der Waals surface area contributed by atoms with Crippen LogP contribution in [0.5, 0.6) is 0 Å². The summed E-state index contributed by atoms with van der Waals surface area (Å²) in [7, 11) is 0. The zero-order valence-electron chi connectivity index (χ0n) is 9.50. The first-order valence-corrected chi connectivity index (χ1v) is 5.47. The topological polar surface area (TPSA) is 66.0 Å². The van der Waals surface area contributed by atoms with E-state index in [0.717, 1.165) is 12.0 Å². The molecule has 2 aromatic rings. The van der Waals surface area contributed by atoms with E-state index in [0.29, 0.717) is 10.4 Å². The van der Waals surface area contributed by atoms with Crippen LogP contribution in [0.1, 0.15) is 26.3 Å². The van der Waals surface area contributed by atoms with E-state index in [2.05, 4.69) is 35.8 Å². The molecule has 0 atom stereocenters. The van der Waals surface area contributed by atoms with Crippen molar-refractivity contribution in [1.82, 2.24) is 19.6 Å². The molecule has 16 heavy (non-hydrogen) atoms. The molecule has 0 aliphatic carbocycles. The van der Waals surface area contributed by atoms with Gasteiger partial charge in [-0.3, -0.25) is 4.98 Å². The molecule has 0 aliphatic heterocycles. The van der Waals surface area contributed by atoms with Crippen LogP contribution in [-0.4, -0.2) is 19.6 Å². The molecule has 0 fully saturated rings. The number of nitrogens with zero attached hydrogens (tertiary/aromatic N) is 2. The van der Waals surface area contributed by atoms with Gasteiger partial charge in [0, 0.05) is 5.56 Å². The number of aromatic amines is 2. The Labute approximate surface area is 97.5 Å². The lowest BCUT2D eigenvalue weighted by Crippen LogP contribution is -2.19. The van der Waals surface area contributed by atoms with Crippen molar-refractivity contribution >= 4 is 17.9 Å². The fourth-order valence-corrected chi connectivity index (χ4v) is 1.84. The van der Waals surface area contributed by atoms with Gasteiger partial charge in [0.1, 0.15) is 5.65 Å². The summed E-state index contributed by atoms with van der Waals surface area (Å²) in [5, 5.41) is 4.04. The molecule has 0 saturated carbocycles. The van der Waals surface area contributed by atoms with Crippen LogP contribution in [0.25, 0.3) is 5.65 Å². The highest BCUT2D eigenvalue weighted by Crippen LogP contribution is 2.21. The van der Waals surface area contributed by atoms with Crippen LogP contribution >= 0.6 is 12.2 Å². The molecule has 2 N–H and O–H groups in total. The smallest absolute Gasteiger partial charge is 0.317 e. The van der Waals surface area contributed by atoms with E-state index >= 15 is 0 Å². The van der Waals surface area contributed by atoms with E-state index in [4.69, 9.17) is 12.2 Å². The molecule has 5 nitrogen and oxygen atoms in total. The summed E-state index contributed by atoms with van der Waals surface area (Å²) >= 11 is 4.94. The highest BCUT2D eigenvalue weighted by atomic mass is 32.1. The monoisotopic (exact) mass is 238 g/mol. The minimum atomic E-state index is -0.307. The minimum Gasteiger partial charge on any atom is -0.317 e. The Morgan fingerprint density at radius 3 is 2.75 bits per heavy atom. The fourth-order valence-electron chi connectivity index (χ4n) is 1.66. The predicted molar refractivity (Wildman–Crippen MR) is 64.2 cm³/mol. The van der Waals surface area contributed by atoms with Crippen LogP contribution in [0.4, 0.5) is 0 Å². The second-order valence-electron chi connectivity index (χ2n) is 5.05. The normalized spacial score (nSPS) is 12.2. The third kappa shape index (κ3) is 2.06. The van der Waals surface area contributed by atoms with Crippen molar-refractivity contribution in [3.63, 3.8) is 0 Å². The maximum Gasteiger partial charge on any atom is 0.350 e. The third-order valence-corrected chi connectivity index (χ3v) is 2.41. The maximum absolute atomic E-state index is 11.5. The number of aromatic nitrogens is 4. The Morgan fingerprint density at radius 2 is 2.12 bits per heavy atom. The van der Waals surface area contributed by atoms with Crippen molar-refractivity contribution < 1.29 is 0 Å². The highest BCUT2D eigenvalue weighted by molar-refractivity contribution is 7.71. The van der Waals surface area contributed by atoms with Crippen LogP contribution in [0.3, 0.4) is 0 Å². The van der Waals surface area contributed by atoms with Gasteiger partial charge < -0.3 is 4.98 Å². The molecule has 0 aliphatic rings. The van der Waals surface area contributed by atoms with Crippen LogP contribution < -0.4 is 5.69 Å². The van der Waals surface area contributed by atoms with Crippen LogP contribution in [0.15, 0.2) is 11.0 Å². The lowest BCUT2D eigenvalue weighted by atomic mass is 9.89. The van der Waals surface area contributed by atoms with Gasteiger partial charge in [-0.1, -0.05) is 20.8 Å². The molecule has 2 heterocycles. The quantitative estimate of drug-likeness (QED) is 0.743. The molecule has 2 rings (SSSR count). The number of hydrogen-bond acceptors (Lipinski definition) is 3. The Hall–Kier alpha value is -1.43. The Balaban J connectivity index is 2.65. The number of H-pyrrole nitrogens is 2. The maximum atomic E-state index is 11.5. The first kappa shape index (κ1) is 11.1. The minimum absolute atomic E-state index is 0.140. The van der Waals surface area contributed by atoms with Gasteiger partial charge in [-0.25, -0.2) is 4.79 Å². The largest absolute Gasteiger partial charge is 0.350 e. The van der Waals surface area contributed by atoms with Crippen molar-refractivity contribution in [1.29, 1.82) is 0 Å². The second kappa shape index (κ2) is 3.55. The fraction of sp³-hybridized carbons (Fsp3) is 0.500. The van der Waals surface area contributed by atoms with Crippen LogP contribution in [0, 0.1) is 10.2 Å². The second-order valence-corrected chi connectivity index (χ2v) is 5.46. The van der Waals surface area contributed by atoms with Crippen molar-refractivity contribution in [2.45, 2.75) is 27.2 Å². The Morgan fingerprint density at radius 1 is 1.44 bits per heavy atom. The highest BCUT2D eigenvalue weighted by Gasteiger charge is 2.15. The van der Waals surface area contributed by atoms with E-state index < -0.39 is 0 Å². The molecule has 0 amide bonds. The molecule has 0 aromatic carbocycles. The molecule has 0 spiro atoms. The average molecular weight is 238 g/mol. The van der Waals surface area contributed by atoms with E-state index in [1.807, 2.05) is 0 Å². The van der Waals surface area contributed by atoms with Crippen molar-refractivity contribution in [3.8, 4) is 0 Å². The van der Waals surface area contributed by atoms with Crippen LogP contribution in [0.2, 0.25) is 0 Å². The van der Waals surface area contributed by atoms with E-state index in [9.17, 15) is 4.79 Å². The first-order valence-electron chi connectivity index (χ1n) is 5.06. The standard InChI is InChI=1S/C10H14N4OS/c1-10(2,3)4-6-5-11-14-7(6)12-8(16)13-9(14)15/h5H,4H2,1-3H3,(H2,12,13,15,16). The van der Waals surface area contributed by atoms with Gasteiger partial charge in [-0.05, 0) is 24.1 Å². The zero-order chi connectivity index (χ0) is 11.9.